The normalized spacial score (nSPS) is 15.9. The smallest absolute Gasteiger partial charge is 0.214 e. The van der Waals surface area contributed by atoms with Crippen molar-refractivity contribution in [2.75, 3.05) is 19.0 Å². The topological polar surface area (TPSA) is 51.5 Å². The predicted octanol–water partition coefficient (Wildman–Crippen LogP) is 3.95. The SMILES string of the molecule is COCC(Nc1nn2cc(-c3ccc(Cl)cc3)nc2s1)C1CC1. The van der Waals surface area contributed by atoms with Crippen molar-refractivity contribution >= 4 is 33.0 Å². The molecule has 1 N–H and O–H groups in total. The number of anilines is 1. The van der Waals surface area contributed by atoms with E-state index in [1.54, 1.807) is 18.4 Å². The molecule has 120 valence electrons. The fourth-order valence-electron chi connectivity index (χ4n) is 2.65. The van der Waals surface area contributed by atoms with Gasteiger partial charge in [0.25, 0.3) is 0 Å². The maximum absolute atomic E-state index is 5.93. The second-order valence-electron chi connectivity index (χ2n) is 5.81. The van der Waals surface area contributed by atoms with Gasteiger partial charge in [-0.05, 0) is 30.9 Å². The number of nitrogens with one attached hydrogen (secondary N) is 1. The number of fused-ring (bicyclic) bond motifs is 1. The Morgan fingerprint density at radius 3 is 2.83 bits per heavy atom. The molecule has 3 aromatic rings. The number of nitrogens with zero attached hydrogens (tertiary/aromatic N) is 3. The van der Waals surface area contributed by atoms with Crippen molar-refractivity contribution in [1.29, 1.82) is 0 Å². The highest BCUT2D eigenvalue weighted by atomic mass is 35.5. The molecule has 1 saturated carbocycles. The van der Waals surface area contributed by atoms with Crippen LogP contribution in [0.25, 0.3) is 16.2 Å². The third-order valence-corrected chi connectivity index (χ3v) is 5.14. The first-order valence-electron chi connectivity index (χ1n) is 7.60. The number of benzene rings is 1. The zero-order valence-corrected chi connectivity index (χ0v) is 14.3. The molecule has 1 unspecified atom stereocenters. The molecule has 0 bridgehead atoms. The van der Waals surface area contributed by atoms with Crippen LogP contribution in [0.3, 0.4) is 0 Å². The van der Waals surface area contributed by atoms with Gasteiger partial charge in [0.2, 0.25) is 10.1 Å². The van der Waals surface area contributed by atoms with E-state index in [1.165, 1.54) is 12.8 Å². The Kier molecular flexibility index (Phi) is 3.97. The van der Waals surface area contributed by atoms with Crippen molar-refractivity contribution in [2.24, 2.45) is 5.92 Å². The van der Waals surface area contributed by atoms with E-state index in [0.717, 1.165) is 26.4 Å². The van der Waals surface area contributed by atoms with Crippen LogP contribution >= 0.6 is 22.9 Å². The second kappa shape index (κ2) is 6.11. The Balaban J connectivity index is 1.55. The summed E-state index contributed by atoms with van der Waals surface area (Å²) in [7, 11) is 1.74. The molecule has 2 aromatic heterocycles. The lowest BCUT2D eigenvalue weighted by atomic mass is 10.2. The quantitative estimate of drug-likeness (QED) is 0.732. The van der Waals surface area contributed by atoms with Gasteiger partial charge in [-0.2, -0.15) is 0 Å². The molecule has 1 aliphatic rings. The molecule has 0 amide bonds. The van der Waals surface area contributed by atoms with Crippen LogP contribution in [-0.2, 0) is 4.74 Å². The average Bonchev–Trinajstić information content (AvgIpc) is 3.21. The van der Waals surface area contributed by atoms with Crippen LogP contribution in [0.4, 0.5) is 5.13 Å². The number of hydrogen-bond donors (Lipinski definition) is 1. The second-order valence-corrected chi connectivity index (χ2v) is 7.20. The van der Waals surface area contributed by atoms with Crippen LogP contribution in [0, 0.1) is 5.92 Å². The standard InChI is InChI=1S/C16H17ClN4OS/c1-22-9-14(11-2-3-11)18-15-20-21-8-13(19-16(21)23-15)10-4-6-12(17)7-5-10/h4-8,11,14H,2-3,9H2,1H3,(H,18,20). The van der Waals surface area contributed by atoms with E-state index < -0.39 is 0 Å². The summed E-state index contributed by atoms with van der Waals surface area (Å²) in [5.41, 5.74) is 1.94. The van der Waals surface area contributed by atoms with E-state index in [1.807, 2.05) is 35.0 Å². The van der Waals surface area contributed by atoms with E-state index in [0.29, 0.717) is 18.6 Å². The van der Waals surface area contributed by atoms with E-state index in [-0.39, 0.29) is 0 Å². The zero-order chi connectivity index (χ0) is 15.8. The molecule has 7 heteroatoms. The molecule has 0 saturated heterocycles. The number of halogens is 1. The number of hydrogen-bond acceptors (Lipinski definition) is 5. The van der Waals surface area contributed by atoms with E-state index in [9.17, 15) is 0 Å². The van der Waals surface area contributed by atoms with Crippen LogP contribution in [0.2, 0.25) is 5.02 Å². The largest absolute Gasteiger partial charge is 0.383 e. The molecule has 1 aliphatic carbocycles. The Labute approximate surface area is 143 Å². The highest BCUT2D eigenvalue weighted by Crippen LogP contribution is 2.35. The molecule has 1 fully saturated rings. The van der Waals surface area contributed by atoms with E-state index >= 15 is 0 Å². The van der Waals surface area contributed by atoms with Gasteiger partial charge in [0.15, 0.2) is 0 Å². The molecule has 0 aliphatic heterocycles. The lowest BCUT2D eigenvalue weighted by Gasteiger charge is -2.15. The summed E-state index contributed by atoms with van der Waals surface area (Å²) in [6.45, 7) is 0.711. The van der Waals surface area contributed by atoms with Crippen molar-refractivity contribution < 1.29 is 4.74 Å². The maximum Gasteiger partial charge on any atom is 0.214 e. The average molecular weight is 349 g/mol. The number of rotatable bonds is 6. The molecular weight excluding hydrogens is 332 g/mol. The fourth-order valence-corrected chi connectivity index (χ4v) is 3.62. The summed E-state index contributed by atoms with van der Waals surface area (Å²) >= 11 is 7.49. The maximum atomic E-state index is 5.93. The molecule has 5 nitrogen and oxygen atoms in total. The first kappa shape index (κ1) is 14.9. The minimum atomic E-state index is 0.339. The lowest BCUT2D eigenvalue weighted by molar-refractivity contribution is 0.179. The highest BCUT2D eigenvalue weighted by molar-refractivity contribution is 7.20. The molecular formula is C16H17ClN4OS. The first-order chi connectivity index (χ1) is 11.2. The third kappa shape index (κ3) is 3.20. The summed E-state index contributed by atoms with van der Waals surface area (Å²) < 4.78 is 7.13. The lowest BCUT2D eigenvalue weighted by Crippen LogP contribution is -2.27. The van der Waals surface area contributed by atoms with Crippen LogP contribution < -0.4 is 5.32 Å². The van der Waals surface area contributed by atoms with E-state index in [2.05, 4.69) is 15.4 Å². The van der Waals surface area contributed by atoms with Gasteiger partial charge in [-0.3, -0.25) is 0 Å². The number of ether oxygens (including phenoxy) is 1. The van der Waals surface area contributed by atoms with Crippen molar-refractivity contribution in [3.8, 4) is 11.3 Å². The summed E-state index contributed by atoms with van der Waals surface area (Å²) in [6, 6.07) is 8.02. The van der Waals surface area contributed by atoms with Crippen LogP contribution in [0.15, 0.2) is 30.5 Å². The van der Waals surface area contributed by atoms with Gasteiger partial charge in [0, 0.05) is 17.7 Å². The van der Waals surface area contributed by atoms with Gasteiger partial charge in [-0.1, -0.05) is 35.1 Å². The molecule has 1 atom stereocenters. The van der Waals surface area contributed by atoms with Gasteiger partial charge in [-0.15, -0.1) is 5.10 Å². The molecule has 4 rings (SSSR count). The first-order valence-corrected chi connectivity index (χ1v) is 8.80. The monoisotopic (exact) mass is 348 g/mol. The number of methoxy groups -OCH3 is 1. The van der Waals surface area contributed by atoms with Crippen LogP contribution in [-0.4, -0.2) is 34.4 Å². The van der Waals surface area contributed by atoms with Gasteiger partial charge < -0.3 is 10.1 Å². The van der Waals surface area contributed by atoms with Crippen LogP contribution in [0.1, 0.15) is 12.8 Å². The molecule has 1 aromatic carbocycles. The summed E-state index contributed by atoms with van der Waals surface area (Å²) in [6.07, 6.45) is 4.48. The molecule has 23 heavy (non-hydrogen) atoms. The van der Waals surface area contributed by atoms with Crippen molar-refractivity contribution in [1.82, 2.24) is 14.6 Å². The Morgan fingerprint density at radius 2 is 2.17 bits per heavy atom. The third-order valence-electron chi connectivity index (χ3n) is 4.03. The summed E-state index contributed by atoms with van der Waals surface area (Å²) in [5, 5.41) is 9.70. The zero-order valence-electron chi connectivity index (χ0n) is 12.7. The van der Waals surface area contributed by atoms with Crippen LogP contribution in [0.5, 0.6) is 0 Å². The van der Waals surface area contributed by atoms with Gasteiger partial charge >= 0.3 is 0 Å². The molecule has 0 radical (unpaired) electrons. The molecule has 2 heterocycles. The molecule has 0 spiro atoms. The summed E-state index contributed by atoms with van der Waals surface area (Å²) in [5.74, 6) is 0.704. The van der Waals surface area contributed by atoms with Crippen molar-refractivity contribution in [2.45, 2.75) is 18.9 Å². The Hall–Kier alpha value is -1.63. The minimum absolute atomic E-state index is 0.339. The fraction of sp³-hybridized carbons (Fsp3) is 0.375. The van der Waals surface area contributed by atoms with E-state index in [4.69, 9.17) is 16.3 Å². The van der Waals surface area contributed by atoms with Gasteiger partial charge in [-0.25, -0.2) is 9.50 Å². The number of imidazole rings is 1. The highest BCUT2D eigenvalue weighted by Gasteiger charge is 2.31. The predicted molar refractivity (Wildman–Crippen MR) is 93.3 cm³/mol. The van der Waals surface area contributed by atoms with Gasteiger partial charge in [0.05, 0.1) is 24.5 Å². The van der Waals surface area contributed by atoms with Crippen molar-refractivity contribution in [3.63, 3.8) is 0 Å². The minimum Gasteiger partial charge on any atom is -0.383 e. The Morgan fingerprint density at radius 1 is 1.39 bits per heavy atom. The van der Waals surface area contributed by atoms with Crippen molar-refractivity contribution in [3.05, 3.63) is 35.5 Å². The number of aromatic nitrogens is 3. The van der Waals surface area contributed by atoms with Gasteiger partial charge in [0.1, 0.15) is 0 Å². The Bertz CT molecular complexity index is 778. The summed E-state index contributed by atoms with van der Waals surface area (Å²) in [4.78, 5) is 5.53.